The maximum atomic E-state index is 11.1. The number of hydrogen-bond acceptors (Lipinski definition) is 3. The van der Waals surface area contributed by atoms with Gasteiger partial charge in [-0.25, -0.2) is 4.42 Å². The Labute approximate surface area is 85.2 Å². The predicted octanol–water partition coefficient (Wildman–Crippen LogP) is 1.45. The molecule has 0 atom stereocenters. The minimum atomic E-state index is -0.807. The molecule has 0 saturated heterocycles. The first-order valence-corrected chi connectivity index (χ1v) is 4.10. The summed E-state index contributed by atoms with van der Waals surface area (Å²) < 4.78 is 0.739. The third kappa shape index (κ3) is 2.70. The zero-order chi connectivity index (χ0) is 10.6. The van der Waals surface area contributed by atoms with Crippen molar-refractivity contribution in [3.05, 3.63) is 40.4 Å². The lowest BCUT2D eigenvalue weighted by Gasteiger charge is -2.10. The second-order valence-corrected chi connectivity index (χ2v) is 2.84. The van der Waals surface area contributed by atoms with Gasteiger partial charge in [-0.1, -0.05) is 18.2 Å². The molecule has 0 bridgehead atoms. The van der Waals surface area contributed by atoms with E-state index >= 15 is 0 Å². The molecule has 74 valence electrons. The molecule has 6 heteroatoms. The fourth-order valence-corrected chi connectivity index (χ4v) is 1.04. The summed E-state index contributed by atoms with van der Waals surface area (Å²) in [6.07, 6.45) is 0. The highest BCUT2D eigenvalue weighted by molar-refractivity contribution is 6.36. The average Bonchev–Trinajstić information content (AvgIpc) is 2.17. The molecule has 1 rings (SSSR count). The van der Waals surface area contributed by atoms with Gasteiger partial charge in [0.2, 0.25) is 0 Å². The Morgan fingerprint density at radius 2 is 2.00 bits per heavy atom. The first-order chi connectivity index (χ1) is 6.61. The Kier molecular flexibility index (Phi) is 3.41. The number of para-hydroxylation sites is 1. The van der Waals surface area contributed by atoms with Crippen LogP contribution < -0.4 is 4.42 Å². The number of carbonyl (C=O) groups is 1. The van der Waals surface area contributed by atoms with E-state index < -0.39 is 17.4 Å². The number of carbonyl (C=O) groups excluding carboxylic acids is 1. The SMILES string of the molecule is O=C(C[N+](=O)[O-])N(Cl)c1ccccc1. The Morgan fingerprint density at radius 3 is 2.50 bits per heavy atom. The van der Waals surface area contributed by atoms with Gasteiger partial charge in [0.25, 0.3) is 6.54 Å². The zero-order valence-corrected chi connectivity index (χ0v) is 7.85. The number of hydrogen-bond donors (Lipinski definition) is 0. The van der Waals surface area contributed by atoms with Crippen LogP contribution in [0.1, 0.15) is 0 Å². The van der Waals surface area contributed by atoms with Crippen molar-refractivity contribution in [2.45, 2.75) is 0 Å². The standard InChI is InChI=1S/C8H7ClN2O3/c9-11(8(12)6-10(13)14)7-4-2-1-3-5-7/h1-5H,6H2. The van der Waals surface area contributed by atoms with Crippen LogP contribution in [0.2, 0.25) is 0 Å². The molecule has 0 heterocycles. The van der Waals surface area contributed by atoms with E-state index in [1.165, 1.54) is 0 Å². The maximum absolute atomic E-state index is 11.1. The zero-order valence-electron chi connectivity index (χ0n) is 7.09. The van der Waals surface area contributed by atoms with E-state index in [4.69, 9.17) is 11.8 Å². The molecule has 0 fully saturated rings. The van der Waals surface area contributed by atoms with Gasteiger partial charge in [-0.3, -0.25) is 14.9 Å². The lowest BCUT2D eigenvalue weighted by Crippen LogP contribution is -2.27. The van der Waals surface area contributed by atoms with Crippen LogP contribution in [0.3, 0.4) is 0 Å². The molecule has 0 aliphatic heterocycles. The molecule has 1 aromatic carbocycles. The molecule has 14 heavy (non-hydrogen) atoms. The summed E-state index contributed by atoms with van der Waals surface area (Å²) in [6.45, 7) is -0.807. The second kappa shape index (κ2) is 4.57. The first kappa shape index (κ1) is 10.5. The van der Waals surface area contributed by atoms with Crippen LogP contribution in [0, 0.1) is 10.1 Å². The van der Waals surface area contributed by atoms with Crippen LogP contribution in [0.25, 0.3) is 0 Å². The third-order valence-electron chi connectivity index (χ3n) is 1.47. The Morgan fingerprint density at radius 1 is 1.43 bits per heavy atom. The van der Waals surface area contributed by atoms with Crippen molar-refractivity contribution in [3.8, 4) is 0 Å². The molecule has 0 saturated carbocycles. The molecule has 1 aromatic rings. The van der Waals surface area contributed by atoms with Crippen molar-refractivity contribution in [1.82, 2.24) is 0 Å². The monoisotopic (exact) mass is 214 g/mol. The normalized spacial score (nSPS) is 9.50. The van der Waals surface area contributed by atoms with Crippen LogP contribution in [0.5, 0.6) is 0 Å². The Bertz CT molecular complexity index is 342. The van der Waals surface area contributed by atoms with E-state index in [0.717, 1.165) is 4.42 Å². The summed E-state index contributed by atoms with van der Waals surface area (Å²) in [6, 6.07) is 8.30. The van der Waals surface area contributed by atoms with E-state index in [1.807, 2.05) is 0 Å². The molecule has 0 aromatic heterocycles. The highest BCUT2D eigenvalue weighted by atomic mass is 35.5. The fraction of sp³-hybridized carbons (Fsp3) is 0.125. The molecule has 0 spiro atoms. The van der Waals surface area contributed by atoms with Gasteiger partial charge in [0.1, 0.15) is 0 Å². The number of nitrogens with zero attached hydrogens (tertiary/aromatic N) is 2. The number of rotatable bonds is 3. The van der Waals surface area contributed by atoms with Crippen LogP contribution in [-0.4, -0.2) is 17.4 Å². The number of anilines is 1. The summed E-state index contributed by atoms with van der Waals surface area (Å²) in [5.74, 6) is -0.761. The lowest BCUT2D eigenvalue weighted by molar-refractivity contribution is -0.467. The van der Waals surface area contributed by atoms with E-state index in [-0.39, 0.29) is 0 Å². The van der Waals surface area contributed by atoms with Crippen molar-refractivity contribution in [3.63, 3.8) is 0 Å². The van der Waals surface area contributed by atoms with Crippen molar-refractivity contribution in [1.29, 1.82) is 0 Å². The van der Waals surface area contributed by atoms with E-state index in [1.54, 1.807) is 30.3 Å². The van der Waals surface area contributed by atoms with Crippen molar-refractivity contribution >= 4 is 23.4 Å². The minimum absolute atomic E-state index is 0.418. The summed E-state index contributed by atoms with van der Waals surface area (Å²) >= 11 is 5.58. The van der Waals surface area contributed by atoms with Crippen LogP contribution >= 0.6 is 11.8 Å². The second-order valence-electron chi connectivity index (χ2n) is 2.50. The highest BCUT2D eigenvalue weighted by Gasteiger charge is 2.18. The molecular weight excluding hydrogens is 208 g/mol. The Hall–Kier alpha value is -1.62. The van der Waals surface area contributed by atoms with Crippen LogP contribution in [0.15, 0.2) is 30.3 Å². The van der Waals surface area contributed by atoms with Crippen molar-refractivity contribution in [2.24, 2.45) is 0 Å². The summed E-state index contributed by atoms with van der Waals surface area (Å²) in [4.78, 5) is 20.4. The number of benzene rings is 1. The molecule has 0 aliphatic rings. The van der Waals surface area contributed by atoms with Gasteiger partial charge < -0.3 is 0 Å². The summed E-state index contributed by atoms with van der Waals surface area (Å²) in [5.41, 5.74) is 0.418. The van der Waals surface area contributed by atoms with E-state index in [2.05, 4.69) is 0 Å². The number of halogens is 1. The largest absolute Gasteiger partial charge is 0.313 e. The lowest BCUT2D eigenvalue weighted by atomic mass is 10.3. The van der Waals surface area contributed by atoms with E-state index in [0.29, 0.717) is 5.69 Å². The maximum Gasteiger partial charge on any atom is 0.313 e. The van der Waals surface area contributed by atoms with Gasteiger partial charge in [-0.15, -0.1) is 0 Å². The molecule has 0 unspecified atom stereocenters. The average molecular weight is 215 g/mol. The highest BCUT2D eigenvalue weighted by Crippen LogP contribution is 2.15. The number of nitro groups is 1. The molecule has 0 aliphatic carbocycles. The van der Waals surface area contributed by atoms with Gasteiger partial charge in [0, 0.05) is 16.7 Å². The summed E-state index contributed by atoms with van der Waals surface area (Å²) in [7, 11) is 0. The molecule has 0 N–H and O–H groups in total. The smallest absolute Gasteiger partial charge is 0.265 e. The van der Waals surface area contributed by atoms with Gasteiger partial charge >= 0.3 is 5.91 Å². The minimum Gasteiger partial charge on any atom is -0.265 e. The van der Waals surface area contributed by atoms with Crippen molar-refractivity contribution in [2.75, 3.05) is 11.0 Å². The van der Waals surface area contributed by atoms with Crippen LogP contribution in [-0.2, 0) is 4.79 Å². The van der Waals surface area contributed by atoms with Gasteiger partial charge in [-0.05, 0) is 12.1 Å². The van der Waals surface area contributed by atoms with Gasteiger partial charge in [-0.2, -0.15) is 0 Å². The van der Waals surface area contributed by atoms with Gasteiger partial charge in [0.05, 0.1) is 5.69 Å². The van der Waals surface area contributed by atoms with Crippen LogP contribution in [0.4, 0.5) is 5.69 Å². The van der Waals surface area contributed by atoms with E-state index in [9.17, 15) is 14.9 Å². The molecule has 1 amide bonds. The fourth-order valence-electron chi connectivity index (χ4n) is 0.875. The Balaban J connectivity index is 2.71. The molecule has 0 radical (unpaired) electrons. The molecule has 5 nitrogen and oxygen atoms in total. The predicted molar refractivity (Wildman–Crippen MR) is 51.6 cm³/mol. The quantitative estimate of drug-likeness (QED) is 0.435. The molecular formula is C8H7ClN2O3. The topological polar surface area (TPSA) is 63.4 Å². The summed E-state index contributed by atoms with van der Waals surface area (Å²) in [5, 5.41) is 10.0. The first-order valence-electron chi connectivity index (χ1n) is 3.77. The van der Waals surface area contributed by atoms with Gasteiger partial charge in [0.15, 0.2) is 0 Å². The third-order valence-corrected chi connectivity index (χ3v) is 1.85. The number of amides is 1. The van der Waals surface area contributed by atoms with Crippen molar-refractivity contribution < 1.29 is 9.72 Å².